The van der Waals surface area contributed by atoms with E-state index in [1.807, 2.05) is 0 Å². The van der Waals surface area contributed by atoms with Gasteiger partial charge in [0.05, 0.1) is 21.3 Å². The summed E-state index contributed by atoms with van der Waals surface area (Å²) >= 11 is 12.0. The number of nitrogens with zero attached hydrogens (tertiary/aromatic N) is 1. The van der Waals surface area contributed by atoms with Crippen molar-refractivity contribution in [1.82, 2.24) is 4.98 Å². The molecule has 0 aliphatic heterocycles. The second-order valence-electron chi connectivity index (χ2n) is 6.62. The predicted molar refractivity (Wildman–Crippen MR) is 120 cm³/mol. The number of carbonyl (C=O) groups excluding carboxylic acids is 2. The Morgan fingerprint density at radius 2 is 1.71 bits per heavy atom. The summed E-state index contributed by atoms with van der Waals surface area (Å²) in [6.07, 6.45) is 1.24. The average molecular weight is 478 g/mol. The van der Waals surface area contributed by atoms with Gasteiger partial charge in [-0.2, -0.15) is 0 Å². The Balaban J connectivity index is 2.05. The zero-order chi connectivity index (χ0) is 22.8. The summed E-state index contributed by atoms with van der Waals surface area (Å²) in [6.45, 7) is 2.99. The summed E-state index contributed by atoms with van der Waals surface area (Å²) in [5, 5.41) is 3.14. The van der Waals surface area contributed by atoms with Crippen LogP contribution in [0.15, 0.2) is 59.6 Å². The van der Waals surface area contributed by atoms with E-state index in [1.165, 1.54) is 43.5 Å². The molecule has 0 aliphatic rings. The van der Waals surface area contributed by atoms with E-state index in [-0.39, 0.29) is 38.5 Å². The van der Waals surface area contributed by atoms with E-state index in [0.29, 0.717) is 10.6 Å². The summed E-state index contributed by atoms with van der Waals surface area (Å²) in [6, 6.07) is 11.9. The molecule has 7 nitrogen and oxygen atoms in total. The zero-order valence-corrected chi connectivity index (χ0v) is 18.8. The highest BCUT2D eigenvalue weighted by atomic mass is 35.5. The molecule has 0 saturated carbocycles. The lowest BCUT2D eigenvalue weighted by atomic mass is 10.0. The fourth-order valence-corrected chi connectivity index (χ4v) is 4.21. The van der Waals surface area contributed by atoms with Crippen molar-refractivity contribution in [3.05, 3.63) is 81.6 Å². The Morgan fingerprint density at radius 1 is 1.00 bits per heavy atom. The lowest BCUT2D eigenvalue weighted by Gasteiger charge is -2.14. The number of carbonyl (C=O) groups is 2. The molecular formula is C21H17Cl2N3O4S. The third-order valence-corrected chi connectivity index (χ3v) is 6.23. The number of anilines is 2. The molecule has 0 spiro atoms. The highest BCUT2D eigenvalue weighted by Gasteiger charge is 2.23. The maximum absolute atomic E-state index is 13.2. The van der Waals surface area contributed by atoms with Crippen LogP contribution in [0.3, 0.4) is 0 Å². The van der Waals surface area contributed by atoms with Crippen LogP contribution in [0.4, 0.5) is 11.4 Å². The van der Waals surface area contributed by atoms with Crippen molar-refractivity contribution in [1.29, 1.82) is 0 Å². The molecule has 0 unspecified atom stereocenters. The summed E-state index contributed by atoms with van der Waals surface area (Å²) in [7, 11) is -4.07. The standard InChI is InChI=1S/C21H17Cl2N3O4S/c1-12-9-15(7-8-17(12)23)31(29,30)26-19-10-14(22)11-24-20(19)21(28)16-5-3-4-6-18(16)25-13(2)27/h3-11,26H,1-2H3,(H,25,27). The SMILES string of the molecule is CC(=O)Nc1ccccc1C(=O)c1ncc(Cl)cc1NS(=O)(=O)c1ccc(Cl)c(C)c1. The van der Waals surface area contributed by atoms with Gasteiger partial charge in [-0.25, -0.2) is 13.4 Å². The summed E-state index contributed by atoms with van der Waals surface area (Å²) in [4.78, 5) is 28.7. The Kier molecular flexibility index (Phi) is 6.64. The van der Waals surface area contributed by atoms with E-state index in [2.05, 4.69) is 15.0 Å². The number of pyridine rings is 1. The third-order valence-electron chi connectivity index (χ3n) is 4.24. The second-order valence-corrected chi connectivity index (χ2v) is 9.15. The number of hydrogen-bond acceptors (Lipinski definition) is 5. The van der Waals surface area contributed by atoms with Gasteiger partial charge in [-0.05, 0) is 48.9 Å². The zero-order valence-electron chi connectivity index (χ0n) is 16.4. The van der Waals surface area contributed by atoms with Gasteiger partial charge in [0.1, 0.15) is 5.69 Å². The second kappa shape index (κ2) is 9.05. The number of nitrogens with one attached hydrogen (secondary N) is 2. The Morgan fingerprint density at radius 3 is 2.39 bits per heavy atom. The average Bonchev–Trinajstić information content (AvgIpc) is 2.69. The molecule has 1 heterocycles. The van der Waals surface area contributed by atoms with Gasteiger partial charge >= 0.3 is 0 Å². The van der Waals surface area contributed by atoms with Crippen LogP contribution in [0.25, 0.3) is 0 Å². The number of para-hydroxylation sites is 1. The molecule has 0 bridgehead atoms. The maximum Gasteiger partial charge on any atom is 0.261 e. The van der Waals surface area contributed by atoms with Gasteiger partial charge in [-0.15, -0.1) is 0 Å². The van der Waals surface area contributed by atoms with Crippen molar-refractivity contribution in [3.63, 3.8) is 0 Å². The first-order valence-corrected chi connectivity index (χ1v) is 11.2. The van der Waals surface area contributed by atoms with Gasteiger partial charge in [0, 0.05) is 23.7 Å². The van der Waals surface area contributed by atoms with Crippen LogP contribution >= 0.6 is 23.2 Å². The van der Waals surface area contributed by atoms with E-state index in [4.69, 9.17) is 23.2 Å². The van der Waals surface area contributed by atoms with Gasteiger partial charge in [0.2, 0.25) is 11.7 Å². The van der Waals surface area contributed by atoms with E-state index < -0.39 is 15.8 Å². The van der Waals surface area contributed by atoms with Crippen LogP contribution in [0.1, 0.15) is 28.5 Å². The van der Waals surface area contributed by atoms with Crippen LogP contribution in [0, 0.1) is 6.92 Å². The first-order valence-electron chi connectivity index (χ1n) is 8.94. The van der Waals surface area contributed by atoms with Crippen molar-refractivity contribution in [2.75, 3.05) is 10.0 Å². The van der Waals surface area contributed by atoms with Crippen molar-refractivity contribution >= 4 is 56.3 Å². The van der Waals surface area contributed by atoms with Crippen LogP contribution in [0.5, 0.6) is 0 Å². The summed E-state index contributed by atoms with van der Waals surface area (Å²) in [5.74, 6) is -0.950. The number of aryl methyl sites for hydroxylation is 1. The monoisotopic (exact) mass is 477 g/mol. The molecular weight excluding hydrogens is 461 g/mol. The Bertz CT molecular complexity index is 1290. The smallest absolute Gasteiger partial charge is 0.261 e. The summed E-state index contributed by atoms with van der Waals surface area (Å²) < 4.78 is 28.2. The normalized spacial score (nSPS) is 11.1. The number of rotatable bonds is 6. The largest absolute Gasteiger partial charge is 0.326 e. The van der Waals surface area contributed by atoms with Crippen molar-refractivity contribution < 1.29 is 18.0 Å². The molecule has 3 rings (SSSR count). The molecule has 160 valence electrons. The molecule has 2 N–H and O–H groups in total. The minimum absolute atomic E-state index is 0.0357. The third kappa shape index (κ3) is 5.22. The topological polar surface area (TPSA) is 105 Å². The molecule has 3 aromatic rings. The Labute approximate surface area is 189 Å². The van der Waals surface area contributed by atoms with Crippen molar-refractivity contribution in [2.45, 2.75) is 18.7 Å². The lowest BCUT2D eigenvalue weighted by molar-refractivity contribution is -0.114. The fourth-order valence-electron chi connectivity index (χ4n) is 2.79. The van der Waals surface area contributed by atoms with Crippen molar-refractivity contribution in [3.8, 4) is 0 Å². The predicted octanol–water partition coefficient (Wildman–Crippen LogP) is 4.69. The van der Waals surface area contributed by atoms with E-state index in [1.54, 1.807) is 25.1 Å². The summed E-state index contributed by atoms with van der Waals surface area (Å²) in [5.41, 5.74) is 0.739. The molecule has 0 saturated heterocycles. The molecule has 0 atom stereocenters. The molecule has 1 aromatic heterocycles. The fraction of sp³-hybridized carbons (Fsp3) is 0.0952. The first kappa shape index (κ1) is 22.7. The molecule has 10 heteroatoms. The lowest BCUT2D eigenvalue weighted by Crippen LogP contribution is -2.18. The van der Waals surface area contributed by atoms with Gasteiger partial charge in [0.25, 0.3) is 10.0 Å². The molecule has 0 radical (unpaired) electrons. The molecule has 0 fully saturated rings. The number of amides is 1. The number of halogens is 2. The number of ketones is 1. The van der Waals surface area contributed by atoms with Crippen LogP contribution in [-0.2, 0) is 14.8 Å². The van der Waals surface area contributed by atoms with Crippen LogP contribution < -0.4 is 10.0 Å². The highest BCUT2D eigenvalue weighted by molar-refractivity contribution is 7.92. The van der Waals surface area contributed by atoms with Crippen LogP contribution in [-0.4, -0.2) is 25.1 Å². The minimum Gasteiger partial charge on any atom is -0.326 e. The maximum atomic E-state index is 13.2. The highest BCUT2D eigenvalue weighted by Crippen LogP contribution is 2.28. The van der Waals surface area contributed by atoms with Gasteiger partial charge in [-0.1, -0.05) is 35.3 Å². The van der Waals surface area contributed by atoms with E-state index in [0.717, 1.165) is 0 Å². The van der Waals surface area contributed by atoms with Crippen LogP contribution in [0.2, 0.25) is 10.0 Å². The van der Waals surface area contributed by atoms with Crippen molar-refractivity contribution in [2.24, 2.45) is 0 Å². The minimum atomic E-state index is -4.07. The van der Waals surface area contributed by atoms with Gasteiger partial charge in [0.15, 0.2) is 0 Å². The number of aromatic nitrogens is 1. The van der Waals surface area contributed by atoms with E-state index in [9.17, 15) is 18.0 Å². The van der Waals surface area contributed by atoms with E-state index >= 15 is 0 Å². The number of hydrogen-bond donors (Lipinski definition) is 2. The van der Waals surface area contributed by atoms with Gasteiger partial charge in [-0.3, -0.25) is 14.3 Å². The van der Waals surface area contributed by atoms with Gasteiger partial charge < -0.3 is 5.32 Å². The molecule has 0 aliphatic carbocycles. The molecule has 2 aromatic carbocycles. The number of sulfonamides is 1. The molecule has 1 amide bonds. The molecule has 31 heavy (non-hydrogen) atoms. The Hall–Kier alpha value is -2.94. The number of benzene rings is 2. The first-order chi connectivity index (χ1) is 14.6. The quantitative estimate of drug-likeness (QED) is 0.501.